The van der Waals surface area contributed by atoms with E-state index in [0.717, 1.165) is 24.3 Å². The molecule has 2 rings (SSSR count). The first kappa shape index (κ1) is 13.8. The predicted octanol–water partition coefficient (Wildman–Crippen LogP) is 3.47. The summed E-state index contributed by atoms with van der Waals surface area (Å²) >= 11 is 0. The molecule has 1 saturated carbocycles. The number of carboxylic acids is 1. The highest BCUT2D eigenvalue weighted by molar-refractivity contribution is 5.94. The number of anilines is 1. The van der Waals surface area contributed by atoms with Crippen molar-refractivity contribution in [3.63, 3.8) is 0 Å². The van der Waals surface area contributed by atoms with E-state index in [0.29, 0.717) is 17.4 Å². The molecule has 104 valence electrons. The van der Waals surface area contributed by atoms with Crippen LogP contribution in [0.3, 0.4) is 0 Å². The number of rotatable bonds is 3. The van der Waals surface area contributed by atoms with E-state index in [2.05, 4.69) is 17.2 Å². The fourth-order valence-electron chi connectivity index (χ4n) is 2.76. The number of aryl methyl sites for hydroxylation is 1. The van der Waals surface area contributed by atoms with Crippen molar-refractivity contribution in [3.8, 4) is 0 Å². The normalized spacial score (nSPS) is 23.7. The third-order valence-corrected chi connectivity index (χ3v) is 3.97. The van der Waals surface area contributed by atoms with Crippen LogP contribution >= 0.6 is 0 Å². The Morgan fingerprint density at radius 2 is 2.16 bits per heavy atom. The highest BCUT2D eigenvalue weighted by atomic mass is 16.4. The Balaban J connectivity index is 2.14. The van der Waals surface area contributed by atoms with Gasteiger partial charge < -0.3 is 10.4 Å². The molecule has 2 unspecified atom stereocenters. The van der Waals surface area contributed by atoms with Crippen LogP contribution in [0, 0.1) is 12.8 Å². The molecule has 0 bridgehead atoms. The molecule has 4 heteroatoms. The molecule has 0 saturated heterocycles. The SMILES string of the molecule is Cc1ccnc(NC2CCCC(C)CC2)c1C(=O)O. The maximum atomic E-state index is 11.3. The monoisotopic (exact) mass is 262 g/mol. The summed E-state index contributed by atoms with van der Waals surface area (Å²) in [5.41, 5.74) is 1.06. The lowest BCUT2D eigenvalue weighted by molar-refractivity contribution is 0.0696. The maximum Gasteiger partial charge on any atom is 0.339 e. The van der Waals surface area contributed by atoms with E-state index in [1.165, 1.54) is 19.3 Å². The summed E-state index contributed by atoms with van der Waals surface area (Å²) < 4.78 is 0. The predicted molar refractivity (Wildman–Crippen MR) is 75.6 cm³/mol. The number of carboxylic acid groups (broad SMARTS) is 1. The number of aromatic carboxylic acids is 1. The van der Waals surface area contributed by atoms with E-state index in [1.54, 1.807) is 12.3 Å². The molecule has 1 aromatic heterocycles. The number of hydrogen-bond acceptors (Lipinski definition) is 3. The molecule has 2 N–H and O–H groups in total. The van der Waals surface area contributed by atoms with Crippen molar-refractivity contribution in [2.45, 2.75) is 52.0 Å². The summed E-state index contributed by atoms with van der Waals surface area (Å²) in [4.78, 5) is 15.5. The molecule has 1 heterocycles. The van der Waals surface area contributed by atoms with Crippen LogP contribution in [0.4, 0.5) is 5.82 Å². The molecule has 0 aromatic carbocycles. The van der Waals surface area contributed by atoms with Crippen molar-refractivity contribution in [1.29, 1.82) is 0 Å². The highest BCUT2D eigenvalue weighted by Gasteiger charge is 2.20. The van der Waals surface area contributed by atoms with Gasteiger partial charge in [0.2, 0.25) is 0 Å². The number of hydrogen-bond donors (Lipinski definition) is 2. The van der Waals surface area contributed by atoms with Gasteiger partial charge in [0.05, 0.1) is 0 Å². The van der Waals surface area contributed by atoms with Crippen LogP contribution < -0.4 is 5.32 Å². The molecule has 0 amide bonds. The summed E-state index contributed by atoms with van der Waals surface area (Å²) in [6, 6.07) is 2.08. The first-order valence-electron chi connectivity index (χ1n) is 7.03. The Kier molecular flexibility index (Phi) is 4.40. The van der Waals surface area contributed by atoms with Gasteiger partial charge in [0.1, 0.15) is 11.4 Å². The number of aromatic nitrogens is 1. The van der Waals surface area contributed by atoms with Crippen LogP contribution in [0.5, 0.6) is 0 Å². The largest absolute Gasteiger partial charge is 0.478 e. The first-order chi connectivity index (χ1) is 9.08. The molecule has 1 aromatic rings. The van der Waals surface area contributed by atoms with Crippen molar-refractivity contribution in [2.24, 2.45) is 5.92 Å². The lowest BCUT2D eigenvalue weighted by Crippen LogP contribution is -2.21. The van der Waals surface area contributed by atoms with Crippen LogP contribution in [0.1, 0.15) is 54.9 Å². The van der Waals surface area contributed by atoms with Gasteiger partial charge >= 0.3 is 5.97 Å². The number of nitrogens with zero attached hydrogens (tertiary/aromatic N) is 1. The molecular formula is C15H22N2O2. The van der Waals surface area contributed by atoms with Gasteiger partial charge in [0, 0.05) is 12.2 Å². The van der Waals surface area contributed by atoms with Gasteiger partial charge in [-0.2, -0.15) is 0 Å². The Hall–Kier alpha value is -1.58. The molecule has 2 atom stereocenters. The molecule has 0 radical (unpaired) electrons. The van der Waals surface area contributed by atoms with Gasteiger partial charge in [0.15, 0.2) is 0 Å². The van der Waals surface area contributed by atoms with Crippen LogP contribution in [-0.4, -0.2) is 22.1 Å². The average Bonchev–Trinajstić information content (AvgIpc) is 2.54. The van der Waals surface area contributed by atoms with Gasteiger partial charge in [-0.25, -0.2) is 9.78 Å². The summed E-state index contributed by atoms with van der Waals surface area (Å²) in [6.45, 7) is 4.10. The van der Waals surface area contributed by atoms with Crippen molar-refractivity contribution < 1.29 is 9.90 Å². The van der Waals surface area contributed by atoms with Crippen LogP contribution in [0.15, 0.2) is 12.3 Å². The second-order valence-electron chi connectivity index (χ2n) is 5.61. The van der Waals surface area contributed by atoms with E-state index in [4.69, 9.17) is 0 Å². The quantitative estimate of drug-likeness (QED) is 0.819. The number of carbonyl (C=O) groups is 1. The van der Waals surface area contributed by atoms with E-state index in [-0.39, 0.29) is 0 Å². The minimum atomic E-state index is -0.907. The van der Waals surface area contributed by atoms with Crippen LogP contribution in [0.2, 0.25) is 0 Å². The van der Waals surface area contributed by atoms with Crippen molar-refractivity contribution >= 4 is 11.8 Å². The zero-order valence-corrected chi connectivity index (χ0v) is 11.6. The highest BCUT2D eigenvalue weighted by Crippen LogP contribution is 2.26. The second kappa shape index (κ2) is 6.04. The van der Waals surface area contributed by atoms with Gasteiger partial charge in [0.25, 0.3) is 0 Å². The zero-order chi connectivity index (χ0) is 13.8. The molecule has 1 fully saturated rings. The number of pyridine rings is 1. The minimum Gasteiger partial charge on any atom is -0.478 e. The zero-order valence-electron chi connectivity index (χ0n) is 11.6. The summed E-state index contributed by atoms with van der Waals surface area (Å²) in [5, 5.41) is 12.6. The molecule has 1 aliphatic carbocycles. The Morgan fingerprint density at radius 3 is 2.89 bits per heavy atom. The fourth-order valence-corrected chi connectivity index (χ4v) is 2.76. The van der Waals surface area contributed by atoms with Gasteiger partial charge in [-0.15, -0.1) is 0 Å². The van der Waals surface area contributed by atoms with Gasteiger partial charge in [-0.05, 0) is 43.7 Å². The Labute approximate surface area is 114 Å². The van der Waals surface area contributed by atoms with E-state index in [9.17, 15) is 9.90 Å². The molecule has 4 nitrogen and oxygen atoms in total. The molecule has 19 heavy (non-hydrogen) atoms. The van der Waals surface area contributed by atoms with Gasteiger partial charge in [-0.1, -0.05) is 19.8 Å². The van der Waals surface area contributed by atoms with Crippen molar-refractivity contribution in [2.75, 3.05) is 5.32 Å². The smallest absolute Gasteiger partial charge is 0.339 e. The fraction of sp³-hybridized carbons (Fsp3) is 0.600. The third kappa shape index (κ3) is 3.46. The maximum absolute atomic E-state index is 11.3. The summed E-state index contributed by atoms with van der Waals surface area (Å²) in [7, 11) is 0. The van der Waals surface area contributed by atoms with Crippen LogP contribution in [-0.2, 0) is 0 Å². The lowest BCUT2D eigenvalue weighted by Gasteiger charge is -2.19. The lowest BCUT2D eigenvalue weighted by atomic mass is 10.0. The third-order valence-electron chi connectivity index (χ3n) is 3.97. The minimum absolute atomic E-state index is 0.305. The molecule has 1 aliphatic rings. The summed E-state index contributed by atoms with van der Waals surface area (Å²) in [6.07, 6.45) is 7.53. The standard InChI is InChI=1S/C15H22N2O2/c1-10-4-3-5-12(7-6-10)17-14-13(15(18)19)11(2)8-9-16-14/h8-10,12H,3-7H2,1-2H3,(H,16,17)(H,18,19). The van der Waals surface area contributed by atoms with Crippen molar-refractivity contribution in [3.05, 3.63) is 23.4 Å². The first-order valence-corrected chi connectivity index (χ1v) is 7.03. The average molecular weight is 262 g/mol. The Bertz CT molecular complexity index is 459. The second-order valence-corrected chi connectivity index (χ2v) is 5.61. The summed E-state index contributed by atoms with van der Waals surface area (Å²) in [5.74, 6) is 0.387. The van der Waals surface area contributed by atoms with Gasteiger partial charge in [-0.3, -0.25) is 0 Å². The number of nitrogens with one attached hydrogen (secondary N) is 1. The molecular weight excluding hydrogens is 240 g/mol. The topological polar surface area (TPSA) is 62.2 Å². The van der Waals surface area contributed by atoms with Crippen LogP contribution in [0.25, 0.3) is 0 Å². The van der Waals surface area contributed by atoms with E-state index < -0.39 is 5.97 Å². The molecule has 0 aliphatic heterocycles. The van der Waals surface area contributed by atoms with Crippen molar-refractivity contribution in [1.82, 2.24) is 4.98 Å². The van der Waals surface area contributed by atoms with E-state index in [1.807, 2.05) is 6.92 Å². The molecule has 0 spiro atoms. The Morgan fingerprint density at radius 1 is 1.37 bits per heavy atom. The van der Waals surface area contributed by atoms with E-state index >= 15 is 0 Å².